The number of unbranched alkanes of at least 4 members (excludes halogenated alkanes) is 14. The summed E-state index contributed by atoms with van der Waals surface area (Å²) in [6, 6.07) is 8.87. The minimum absolute atomic E-state index is 0.233. The van der Waals surface area contributed by atoms with E-state index in [2.05, 4.69) is 38.1 Å². The van der Waals surface area contributed by atoms with Crippen LogP contribution in [0, 0.1) is 0 Å². The number of ether oxygens (including phenoxy) is 4. The van der Waals surface area contributed by atoms with Crippen molar-refractivity contribution in [3.8, 4) is 11.5 Å². The maximum absolute atomic E-state index is 6.52. The second kappa shape index (κ2) is 17.3. The molecule has 2 atom stereocenters. The number of aryl methyl sites for hydroxylation is 2. The fourth-order valence-corrected chi connectivity index (χ4v) is 6.16. The highest BCUT2D eigenvalue weighted by atomic mass is 16.6. The lowest BCUT2D eigenvalue weighted by molar-refractivity contribution is 0.261. The van der Waals surface area contributed by atoms with Crippen molar-refractivity contribution in [1.82, 2.24) is 0 Å². The molecule has 2 aliphatic heterocycles. The van der Waals surface area contributed by atoms with Crippen molar-refractivity contribution in [3.05, 3.63) is 35.4 Å². The standard InChI is InChI=1S/C38H56O5/c1-3-5-7-9-11-13-15-17-19-29-21-37-33(23-35(29)41-27-31-25-39-31)34-24-36(42-28-32-26-40-32)30(22-38(34)43-37)20-18-16-14-12-10-8-6-4-2/h21-24,31-32H,3-20,25-28H2,1-2H3. The Hall–Kier alpha value is -2.24. The Kier molecular flexibility index (Phi) is 12.9. The number of furan rings is 1. The molecule has 43 heavy (non-hydrogen) atoms. The summed E-state index contributed by atoms with van der Waals surface area (Å²) in [6.45, 7) is 7.40. The molecule has 2 unspecified atom stereocenters. The van der Waals surface area contributed by atoms with Gasteiger partial charge in [0.2, 0.25) is 0 Å². The zero-order valence-corrected chi connectivity index (χ0v) is 27.1. The highest BCUT2D eigenvalue weighted by Gasteiger charge is 2.25. The van der Waals surface area contributed by atoms with Crippen molar-refractivity contribution in [1.29, 1.82) is 0 Å². The van der Waals surface area contributed by atoms with Gasteiger partial charge in [0.15, 0.2) is 0 Å². The number of benzene rings is 2. The van der Waals surface area contributed by atoms with Crippen LogP contribution in [-0.2, 0) is 22.3 Å². The summed E-state index contributed by atoms with van der Waals surface area (Å²) in [6.07, 6.45) is 23.6. The molecular weight excluding hydrogens is 536 g/mol. The third-order valence-corrected chi connectivity index (χ3v) is 9.09. The lowest BCUT2D eigenvalue weighted by atomic mass is 10.00. The van der Waals surface area contributed by atoms with Crippen molar-refractivity contribution >= 4 is 21.9 Å². The van der Waals surface area contributed by atoms with Crippen molar-refractivity contribution in [2.45, 2.75) is 142 Å². The number of rotatable bonds is 24. The van der Waals surface area contributed by atoms with Crippen LogP contribution in [0.3, 0.4) is 0 Å². The predicted octanol–water partition coefficient (Wildman–Crippen LogP) is 10.5. The van der Waals surface area contributed by atoms with Gasteiger partial charge in [-0.05, 0) is 61.1 Å². The van der Waals surface area contributed by atoms with Gasteiger partial charge < -0.3 is 23.4 Å². The van der Waals surface area contributed by atoms with Crippen LogP contribution in [0.1, 0.15) is 128 Å². The molecule has 3 heterocycles. The summed E-state index contributed by atoms with van der Waals surface area (Å²) in [4.78, 5) is 0. The summed E-state index contributed by atoms with van der Waals surface area (Å²) in [5, 5.41) is 2.21. The summed E-state index contributed by atoms with van der Waals surface area (Å²) >= 11 is 0. The Morgan fingerprint density at radius 3 is 1.28 bits per heavy atom. The van der Waals surface area contributed by atoms with E-state index in [9.17, 15) is 0 Å². The molecule has 3 aromatic rings. The highest BCUT2D eigenvalue weighted by Crippen LogP contribution is 2.39. The topological polar surface area (TPSA) is 56.7 Å². The summed E-state index contributed by atoms with van der Waals surface area (Å²) in [5.74, 6) is 1.95. The molecule has 0 N–H and O–H groups in total. The van der Waals surface area contributed by atoms with Gasteiger partial charge in [-0.3, -0.25) is 0 Å². The molecule has 0 saturated carbocycles. The number of hydrogen-bond acceptors (Lipinski definition) is 5. The van der Waals surface area contributed by atoms with E-state index < -0.39 is 0 Å². The minimum atomic E-state index is 0.233. The summed E-state index contributed by atoms with van der Waals surface area (Å²) in [7, 11) is 0. The first-order valence-corrected chi connectivity index (χ1v) is 17.8. The molecule has 5 rings (SSSR count). The average Bonchev–Trinajstić information content (AvgIpc) is 3.95. The van der Waals surface area contributed by atoms with Gasteiger partial charge in [-0.25, -0.2) is 0 Å². The van der Waals surface area contributed by atoms with E-state index in [0.29, 0.717) is 13.2 Å². The molecule has 0 spiro atoms. The Balaban J connectivity index is 1.28. The van der Waals surface area contributed by atoms with Crippen molar-refractivity contribution in [2.75, 3.05) is 26.4 Å². The lowest BCUT2D eigenvalue weighted by Crippen LogP contribution is -2.06. The second-order valence-corrected chi connectivity index (χ2v) is 13.0. The van der Waals surface area contributed by atoms with Gasteiger partial charge in [-0.2, -0.15) is 0 Å². The van der Waals surface area contributed by atoms with Crippen LogP contribution in [0.5, 0.6) is 11.5 Å². The normalized spacial score (nSPS) is 17.6. The molecule has 5 nitrogen and oxygen atoms in total. The zero-order chi connectivity index (χ0) is 29.7. The molecule has 1 aromatic heterocycles. The molecule has 0 radical (unpaired) electrons. The molecule has 2 aliphatic rings. The van der Waals surface area contributed by atoms with Crippen molar-refractivity contribution in [3.63, 3.8) is 0 Å². The smallest absolute Gasteiger partial charge is 0.135 e. The van der Waals surface area contributed by atoms with E-state index >= 15 is 0 Å². The largest absolute Gasteiger partial charge is 0.490 e. The summed E-state index contributed by atoms with van der Waals surface area (Å²) in [5.41, 5.74) is 4.39. The van der Waals surface area contributed by atoms with Gasteiger partial charge in [0.1, 0.15) is 48.1 Å². The SMILES string of the molecule is CCCCCCCCCCc1cc2oc3cc(CCCCCCCCCC)c(OCC4CO4)cc3c2cc1OCC1CO1. The third kappa shape index (κ3) is 10.4. The molecule has 0 amide bonds. The van der Waals surface area contributed by atoms with E-state index in [4.69, 9.17) is 23.4 Å². The summed E-state index contributed by atoms with van der Waals surface area (Å²) < 4.78 is 30.1. The predicted molar refractivity (Wildman–Crippen MR) is 177 cm³/mol. The maximum atomic E-state index is 6.52. The first kappa shape index (κ1) is 32.2. The monoisotopic (exact) mass is 592 g/mol. The Labute approximate surface area is 260 Å². The van der Waals surface area contributed by atoms with Crippen LogP contribution in [0.25, 0.3) is 21.9 Å². The van der Waals surface area contributed by atoms with E-state index in [1.165, 1.54) is 114 Å². The van der Waals surface area contributed by atoms with E-state index in [1.807, 2.05) is 0 Å². The molecule has 0 aliphatic carbocycles. The fraction of sp³-hybridized carbons (Fsp3) is 0.684. The lowest BCUT2D eigenvalue weighted by Gasteiger charge is -2.12. The first-order valence-electron chi connectivity index (χ1n) is 17.8. The van der Waals surface area contributed by atoms with Gasteiger partial charge >= 0.3 is 0 Å². The molecule has 5 heteroatoms. The first-order chi connectivity index (χ1) is 21.2. The van der Waals surface area contributed by atoms with E-state index in [0.717, 1.165) is 59.5 Å². The molecular formula is C38H56O5. The zero-order valence-electron chi connectivity index (χ0n) is 27.1. The highest BCUT2D eigenvalue weighted by molar-refractivity contribution is 6.06. The molecule has 2 saturated heterocycles. The average molecular weight is 593 g/mol. The molecule has 238 valence electrons. The molecule has 2 fully saturated rings. The van der Waals surface area contributed by atoms with Crippen LogP contribution < -0.4 is 9.47 Å². The van der Waals surface area contributed by atoms with Gasteiger partial charge in [0, 0.05) is 10.8 Å². The van der Waals surface area contributed by atoms with Gasteiger partial charge in [0.25, 0.3) is 0 Å². The fourth-order valence-electron chi connectivity index (χ4n) is 6.16. The van der Waals surface area contributed by atoms with Gasteiger partial charge in [0.05, 0.1) is 13.2 Å². The Morgan fingerprint density at radius 1 is 0.535 bits per heavy atom. The maximum Gasteiger partial charge on any atom is 0.135 e. The molecule has 2 aromatic carbocycles. The second-order valence-electron chi connectivity index (χ2n) is 13.0. The minimum Gasteiger partial charge on any atom is -0.490 e. The van der Waals surface area contributed by atoms with Crippen molar-refractivity contribution < 1.29 is 23.4 Å². The Bertz CT molecular complexity index is 1140. The van der Waals surface area contributed by atoms with Crippen LogP contribution in [0.2, 0.25) is 0 Å². The van der Waals surface area contributed by atoms with Gasteiger partial charge in [-0.1, -0.05) is 104 Å². The van der Waals surface area contributed by atoms with Crippen LogP contribution in [0.15, 0.2) is 28.7 Å². The number of fused-ring (bicyclic) bond motifs is 3. The number of hydrogen-bond donors (Lipinski definition) is 0. The van der Waals surface area contributed by atoms with Crippen LogP contribution >= 0.6 is 0 Å². The van der Waals surface area contributed by atoms with E-state index in [1.54, 1.807) is 0 Å². The Morgan fingerprint density at radius 2 is 0.907 bits per heavy atom. The van der Waals surface area contributed by atoms with Crippen molar-refractivity contribution in [2.24, 2.45) is 0 Å². The quantitative estimate of drug-likeness (QED) is 0.0765. The van der Waals surface area contributed by atoms with Crippen LogP contribution in [0.4, 0.5) is 0 Å². The number of epoxide rings is 2. The van der Waals surface area contributed by atoms with Crippen LogP contribution in [-0.4, -0.2) is 38.6 Å². The van der Waals surface area contributed by atoms with Gasteiger partial charge in [-0.15, -0.1) is 0 Å². The van der Waals surface area contributed by atoms with E-state index in [-0.39, 0.29) is 12.2 Å². The third-order valence-electron chi connectivity index (χ3n) is 9.09. The molecule has 0 bridgehead atoms.